The zero-order valence-corrected chi connectivity index (χ0v) is 28.6. The van der Waals surface area contributed by atoms with Crippen molar-refractivity contribution in [1.29, 1.82) is 0 Å². The van der Waals surface area contributed by atoms with E-state index in [0.29, 0.717) is 5.56 Å². The van der Waals surface area contributed by atoms with Gasteiger partial charge in [0.25, 0.3) is 0 Å². The fraction of sp³-hybridized carbons (Fsp3) is 0.237. The molecule has 2 amide bonds. The molecule has 0 spiro atoms. The van der Waals surface area contributed by atoms with Crippen LogP contribution >= 0.6 is 6.89 Å². The standard InChI is InChI=1S/C38H39N2O8P/c1-26(41)39-31-32(38(46-3)47-4)40(35(31)42)33(36(43)48-25-27-17-9-5-10-18-27)34(37(44)45-2)49(28-19-11-6-12-20-28,29-21-13-7-14-22-29)30-23-15-8-16-24-30/h5-24,31-33,38H,25H2,1-4H3,(H,39,41). The molecule has 0 aromatic heterocycles. The molecule has 49 heavy (non-hydrogen) atoms. The van der Waals surface area contributed by atoms with Gasteiger partial charge in [0.05, 0.1) is 12.4 Å². The Kier molecular flexibility index (Phi) is 11.5. The van der Waals surface area contributed by atoms with E-state index in [9.17, 15) is 19.2 Å². The number of carbonyl (C=O) groups is 4. The Morgan fingerprint density at radius 2 is 1.18 bits per heavy atom. The number of nitrogens with zero attached hydrogens (tertiary/aromatic N) is 1. The molecular weight excluding hydrogens is 643 g/mol. The van der Waals surface area contributed by atoms with Crippen LogP contribution in [0.1, 0.15) is 12.5 Å². The first kappa shape index (κ1) is 35.3. The number of nitrogens with one attached hydrogen (secondary N) is 1. The fourth-order valence-corrected chi connectivity index (χ4v) is 10.9. The van der Waals surface area contributed by atoms with Crippen molar-refractivity contribution in [3.63, 3.8) is 0 Å². The van der Waals surface area contributed by atoms with Crippen LogP contribution in [0.15, 0.2) is 121 Å². The van der Waals surface area contributed by atoms with Gasteiger partial charge in [-0.3, -0.25) is 9.59 Å². The van der Waals surface area contributed by atoms with Crippen LogP contribution in [0.2, 0.25) is 0 Å². The van der Waals surface area contributed by atoms with E-state index in [1.165, 1.54) is 33.2 Å². The number of esters is 2. The maximum Gasteiger partial charge on any atom is 0.337 e. The number of ether oxygens (including phenoxy) is 4. The number of β-lactam (4-membered cyclic amide) rings is 1. The summed E-state index contributed by atoms with van der Waals surface area (Å²) in [6.45, 7) is -2.18. The molecule has 1 aliphatic rings. The van der Waals surface area contributed by atoms with Gasteiger partial charge in [-0.15, -0.1) is 0 Å². The number of methoxy groups -OCH3 is 3. The summed E-state index contributed by atoms with van der Waals surface area (Å²) in [7, 11) is 4.03. The highest BCUT2D eigenvalue weighted by Gasteiger charge is 2.59. The molecule has 0 saturated carbocycles. The van der Waals surface area contributed by atoms with Crippen LogP contribution < -0.4 is 21.2 Å². The normalized spacial score (nSPS) is 16.3. The van der Waals surface area contributed by atoms with Gasteiger partial charge in [-0.1, -0.05) is 121 Å². The monoisotopic (exact) mass is 682 g/mol. The van der Waals surface area contributed by atoms with Gasteiger partial charge < -0.3 is 29.2 Å². The molecule has 11 heteroatoms. The van der Waals surface area contributed by atoms with Gasteiger partial charge >= 0.3 is 11.9 Å². The lowest BCUT2D eigenvalue weighted by Gasteiger charge is -2.52. The lowest BCUT2D eigenvalue weighted by molar-refractivity contribution is -0.201. The first-order chi connectivity index (χ1) is 23.8. The lowest BCUT2D eigenvalue weighted by Crippen LogP contribution is -2.78. The van der Waals surface area contributed by atoms with E-state index < -0.39 is 55.1 Å². The first-order valence-corrected chi connectivity index (χ1v) is 17.5. The Morgan fingerprint density at radius 3 is 1.59 bits per heavy atom. The largest absolute Gasteiger partial charge is 0.466 e. The van der Waals surface area contributed by atoms with E-state index in [0.717, 1.165) is 15.9 Å². The molecule has 3 unspecified atom stereocenters. The molecular formula is C38H39N2O8P. The van der Waals surface area contributed by atoms with Gasteiger partial charge in [-0.05, 0) is 28.4 Å². The van der Waals surface area contributed by atoms with Crippen molar-refractivity contribution >= 4 is 51.8 Å². The molecule has 254 valence electrons. The van der Waals surface area contributed by atoms with Gasteiger partial charge in [0.1, 0.15) is 18.7 Å². The van der Waals surface area contributed by atoms with Gasteiger partial charge in [-0.2, -0.15) is 0 Å². The molecule has 4 aromatic carbocycles. The van der Waals surface area contributed by atoms with Crippen molar-refractivity contribution in [2.45, 2.75) is 37.9 Å². The smallest absolute Gasteiger partial charge is 0.337 e. The van der Waals surface area contributed by atoms with Gasteiger partial charge in [0.2, 0.25) is 11.8 Å². The van der Waals surface area contributed by atoms with Crippen molar-refractivity contribution in [2.75, 3.05) is 21.3 Å². The Balaban J connectivity index is 1.91. The van der Waals surface area contributed by atoms with Crippen molar-refractivity contribution in [3.05, 3.63) is 127 Å². The predicted molar refractivity (Wildman–Crippen MR) is 188 cm³/mol. The minimum atomic E-state index is -3.34. The van der Waals surface area contributed by atoms with Gasteiger partial charge in [0.15, 0.2) is 12.3 Å². The van der Waals surface area contributed by atoms with E-state index in [2.05, 4.69) is 5.32 Å². The molecule has 0 bridgehead atoms. The molecule has 0 radical (unpaired) electrons. The average molecular weight is 683 g/mol. The molecule has 4 aromatic rings. The van der Waals surface area contributed by atoms with Crippen LogP contribution in [0, 0.1) is 0 Å². The van der Waals surface area contributed by atoms with E-state index in [-0.39, 0.29) is 11.9 Å². The maximum atomic E-state index is 14.8. The summed E-state index contributed by atoms with van der Waals surface area (Å²) in [4.78, 5) is 57.2. The van der Waals surface area contributed by atoms with Crippen LogP contribution in [-0.4, -0.2) is 79.7 Å². The minimum absolute atomic E-state index is 0.0160. The van der Waals surface area contributed by atoms with Crippen molar-refractivity contribution in [1.82, 2.24) is 10.2 Å². The van der Waals surface area contributed by atoms with Crippen LogP contribution in [0.4, 0.5) is 0 Å². The Morgan fingerprint density at radius 1 is 0.735 bits per heavy atom. The van der Waals surface area contributed by atoms with Crippen molar-refractivity contribution < 1.29 is 38.1 Å². The molecule has 1 aliphatic heterocycles. The summed E-state index contributed by atoms with van der Waals surface area (Å²) < 4.78 is 22.8. The molecule has 1 fully saturated rings. The van der Waals surface area contributed by atoms with E-state index in [1.807, 2.05) is 109 Å². The number of rotatable bonds is 13. The highest BCUT2D eigenvalue weighted by atomic mass is 31.2. The summed E-state index contributed by atoms with van der Waals surface area (Å²) in [5.74, 6) is -2.74. The Hall–Kier alpha value is -5.02. The average Bonchev–Trinajstić information content (AvgIpc) is 3.15. The second kappa shape index (κ2) is 15.9. The lowest BCUT2D eigenvalue weighted by atomic mass is 9.90. The van der Waals surface area contributed by atoms with E-state index >= 15 is 0 Å². The molecule has 10 nitrogen and oxygen atoms in total. The SMILES string of the molecule is COC(=O)C(C(C(=O)OCc1ccccc1)N1C(=O)C(NC(C)=O)C1C(OC)OC)=P(c1ccccc1)(c1ccccc1)c1ccccc1. The molecule has 3 atom stereocenters. The highest BCUT2D eigenvalue weighted by molar-refractivity contribution is 7.96. The molecule has 1 saturated heterocycles. The van der Waals surface area contributed by atoms with Gasteiger partial charge in [-0.25, -0.2) is 9.59 Å². The van der Waals surface area contributed by atoms with Crippen LogP contribution in [0.25, 0.3) is 0 Å². The molecule has 1 N–H and O–H groups in total. The van der Waals surface area contributed by atoms with Crippen molar-refractivity contribution in [3.8, 4) is 0 Å². The summed E-state index contributed by atoms with van der Waals surface area (Å²) in [6.07, 6.45) is -1.09. The zero-order chi connectivity index (χ0) is 35.0. The number of hydrogen-bond donors (Lipinski definition) is 1. The number of likely N-dealkylation sites (tertiary alicyclic amines) is 1. The van der Waals surface area contributed by atoms with Crippen molar-refractivity contribution in [2.24, 2.45) is 0 Å². The third kappa shape index (κ3) is 6.94. The Bertz CT molecular complexity index is 1710. The predicted octanol–water partition coefficient (Wildman–Crippen LogP) is 2.77. The second-order valence-corrected chi connectivity index (χ2v) is 14.7. The topological polar surface area (TPSA) is 120 Å². The molecule has 1 heterocycles. The number of carbonyl (C=O) groups excluding carboxylic acids is 4. The number of amides is 2. The van der Waals surface area contributed by atoms with E-state index in [1.54, 1.807) is 12.1 Å². The maximum absolute atomic E-state index is 14.8. The second-order valence-electron chi connectivity index (χ2n) is 11.3. The summed E-state index contributed by atoms with van der Waals surface area (Å²) in [6, 6.07) is 33.6. The number of benzene rings is 4. The first-order valence-electron chi connectivity index (χ1n) is 15.7. The quantitative estimate of drug-likeness (QED) is 0.0990. The fourth-order valence-electron chi connectivity index (χ4n) is 6.38. The molecule has 5 rings (SSSR count). The van der Waals surface area contributed by atoms with Crippen LogP contribution in [-0.2, 0) is 44.7 Å². The van der Waals surface area contributed by atoms with Crippen LogP contribution in [0.5, 0.6) is 0 Å². The zero-order valence-electron chi connectivity index (χ0n) is 27.7. The van der Waals surface area contributed by atoms with Gasteiger partial charge in [0, 0.05) is 21.1 Å². The van der Waals surface area contributed by atoms with Crippen LogP contribution in [0.3, 0.4) is 0 Å². The highest BCUT2D eigenvalue weighted by Crippen LogP contribution is 2.48. The Labute approximate surface area is 285 Å². The minimum Gasteiger partial charge on any atom is -0.466 e. The summed E-state index contributed by atoms with van der Waals surface area (Å²) >= 11 is 0. The number of hydrogen-bond acceptors (Lipinski definition) is 8. The summed E-state index contributed by atoms with van der Waals surface area (Å²) in [5.41, 5.74) is 0.707. The summed E-state index contributed by atoms with van der Waals surface area (Å²) in [5, 5.41) is 4.91. The third-order valence-corrected chi connectivity index (χ3v) is 12.8. The third-order valence-electron chi connectivity index (χ3n) is 8.46. The van der Waals surface area contributed by atoms with E-state index in [4.69, 9.17) is 18.9 Å². The molecule has 0 aliphatic carbocycles.